The Morgan fingerprint density at radius 1 is 1.19 bits per heavy atom. The molecule has 0 aromatic heterocycles. The first-order valence-electron chi connectivity index (χ1n) is 6.83. The molecule has 0 saturated heterocycles. The number of hydrogen-bond donors (Lipinski definition) is 2. The van der Waals surface area contributed by atoms with Crippen molar-refractivity contribution in [2.45, 2.75) is 26.3 Å². The molecule has 0 saturated carbocycles. The highest BCUT2D eigenvalue weighted by atomic mass is 79.9. The Morgan fingerprint density at radius 3 is 2.43 bits per heavy atom. The molecule has 0 aliphatic heterocycles. The number of anilines is 1. The molecule has 3 nitrogen and oxygen atoms in total. The summed E-state index contributed by atoms with van der Waals surface area (Å²) in [7, 11) is 0. The molecule has 0 unspecified atom stereocenters. The van der Waals surface area contributed by atoms with E-state index in [0.29, 0.717) is 18.2 Å². The average molecular weight is 348 g/mol. The zero-order valence-electron chi connectivity index (χ0n) is 12.1. The van der Waals surface area contributed by atoms with E-state index in [2.05, 4.69) is 59.4 Å². The lowest BCUT2D eigenvalue weighted by Crippen LogP contribution is -2.06. The summed E-state index contributed by atoms with van der Waals surface area (Å²) in [6, 6.07) is 13.6. The maximum absolute atomic E-state index is 11.2. The van der Waals surface area contributed by atoms with Gasteiger partial charge < -0.3 is 10.4 Å². The summed E-state index contributed by atoms with van der Waals surface area (Å²) in [5.41, 5.74) is 3.31. The number of carbonyl (C=O) groups is 1. The van der Waals surface area contributed by atoms with Gasteiger partial charge in [-0.05, 0) is 35.2 Å². The van der Waals surface area contributed by atoms with Crippen LogP contribution in [-0.2, 0) is 6.54 Å². The number of nitrogens with one attached hydrogen (secondary N) is 1. The minimum Gasteiger partial charge on any atom is -0.478 e. The summed E-state index contributed by atoms with van der Waals surface area (Å²) in [6.45, 7) is 4.92. The van der Waals surface area contributed by atoms with Gasteiger partial charge in [0.2, 0.25) is 0 Å². The van der Waals surface area contributed by atoms with Gasteiger partial charge in [-0.3, -0.25) is 0 Å². The number of carboxylic acid groups (broad SMARTS) is 1. The van der Waals surface area contributed by atoms with Crippen molar-refractivity contribution in [3.63, 3.8) is 0 Å². The largest absolute Gasteiger partial charge is 0.478 e. The van der Waals surface area contributed by atoms with Crippen molar-refractivity contribution in [3.8, 4) is 0 Å². The summed E-state index contributed by atoms with van der Waals surface area (Å²) in [5, 5.41) is 12.4. The van der Waals surface area contributed by atoms with E-state index in [1.165, 1.54) is 5.56 Å². The molecule has 110 valence electrons. The van der Waals surface area contributed by atoms with Crippen molar-refractivity contribution in [2.75, 3.05) is 5.32 Å². The fraction of sp³-hybridized carbons (Fsp3) is 0.235. The third-order valence-electron chi connectivity index (χ3n) is 3.34. The molecule has 0 heterocycles. The number of halogens is 1. The Bertz CT molecular complexity index is 636. The van der Waals surface area contributed by atoms with Crippen LogP contribution in [0.25, 0.3) is 0 Å². The minimum atomic E-state index is -0.936. The van der Waals surface area contributed by atoms with Gasteiger partial charge in [0, 0.05) is 16.7 Å². The van der Waals surface area contributed by atoms with Crippen LogP contribution in [0.1, 0.15) is 41.3 Å². The molecule has 0 amide bonds. The molecule has 2 aromatic carbocycles. The summed E-state index contributed by atoms with van der Waals surface area (Å²) < 4.78 is 0.756. The molecule has 0 radical (unpaired) electrons. The maximum Gasteiger partial charge on any atom is 0.337 e. The third-order valence-corrected chi connectivity index (χ3v) is 3.83. The van der Waals surface area contributed by atoms with E-state index in [1.54, 1.807) is 12.1 Å². The first kappa shape index (κ1) is 15.6. The van der Waals surface area contributed by atoms with Crippen LogP contribution >= 0.6 is 15.9 Å². The van der Waals surface area contributed by atoms with Gasteiger partial charge in [-0.15, -0.1) is 0 Å². The fourth-order valence-corrected chi connectivity index (χ4v) is 2.43. The normalized spacial score (nSPS) is 10.7. The molecule has 0 aliphatic carbocycles. The molecular formula is C17H18BrNO2. The molecule has 0 fully saturated rings. The van der Waals surface area contributed by atoms with Crippen LogP contribution in [0.5, 0.6) is 0 Å². The topological polar surface area (TPSA) is 49.3 Å². The van der Waals surface area contributed by atoms with Gasteiger partial charge in [0.1, 0.15) is 0 Å². The molecule has 0 spiro atoms. The van der Waals surface area contributed by atoms with Crippen molar-refractivity contribution in [1.82, 2.24) is 0 Å². The number of rotatable bonds is 5. The van der Waals surface area contributed by atoms with E-state index in [9.17, 15) is 9.90 Å². The minimum absolute atomic E-state index is 0.267. The van der Waals surface area contributed by atoms with Crippen molar-refractivity contribution < 1.29 is 9.90 Å². The number of benzene rings is 2. The van der Waals surface area contributed by atoms with Crippen LogP contribution in [0.4, 0.5) is 5.69 Å². The van der Waals surface area contributed by atoms with Gasteiger partial charge in [-0.1, -0.05) is 54.0 Å². The Balaban J connectivity index is 2.11. The van der Waals surface area contributed by atoms with Crippen LogP contribution in [0.2, 0.25) is 0 Å². The molecule has 4 heteroatoms. The highest BCUT2D eigenvalue weighted by Gasteiger charge is 2.10. The van der Waals surface area contributed by atoms with Crippen LogP contribution in [0, 0.1) is 0 Å². The molecule has 2 N–H and O–H groups in total. The molecule has 0 aliphatic rings. The smallest absolute Gasteiger partial charge is 0.337 e. The maximum atomic E-state index is 11.2. The van der Waals surface area contributed by atoms with Crippen LogP contribution in [-0.4, -0.2) is 11.1 Å². The summed E-state index contributed by atoms with van der Waals surface area (Å²) in [5.74, 6) is -0.425. The van der Waals surface area contributed by atoms with Crippen molar-refractivity contribution in [2.24, 2.45) is 0 Å². The zero-order valence-corrected chi connectivity index (χ0v) is 13.6. The predicted molar refractivity (Wildman–Crippen MR) is 89.0 cm³/mol. The summed E-state index contributed by atoms with van der Waals surface area (Å²) in [4.78, 5) is 11.2. The van der Waals surface area contributed by atoms with Gasteiger partial charge >= 0.3 is 5.97 Å². The van der Waals surface area contributed by atoms with E-state index in [4.69, 9.17) is 0 Å². The Kier molecular flexibility index (Phi) is 5.02. The summed E-state index contributed by atoms with van der Waals surface area (Å²) in [6.07, 6.45) is 0. The first-order valence-corrected chi connectivity index (χ1v) is 7.62. The number of hydrogen-bond acceptors (Lipinski definition) is 2. The monoisotopic (exact) mass is 347 g/mol. The van der Waals surface area contributed by atoms with Crippen LogP contribution < -0.4 is 5.32 Å². The van der Waals surface area contributed by atoms with Crippen LogP contribution in [0.3, 0.4) is 0 Å². The van der Waals surface area contributed by atoms with Crippen molar-refractivity contribution >= 4 is 27.6 Å². The number of aromatic carboxylic acids is 1. The fourth-order valence-electron chi connectivity index (χ4n) is 2.07. The second kappa shape index (κ2) is 6.76. The lowest BCUT2D eigenvalue weighted by molar-refractivity contribution is 0.0698. The lowest BCUT2D eigenvalue weighted by Gasteiger charge is -2.11. The van der Waals surface area contributed by atoms with Crippen molar-refractivity contribution in [3.05, 3.63) is 63.6 Å². The first-order chi connectivity index (χ1) is 9.97. The molecule has 2 aromatic rings. The summed E-state index contributed by atoms with van der Waals surface area (Å²) >= 11 is 3.29. The van der Waals surface area contributed by atoms with E-state index >= 15 is 0 Å². The van der Waals surface area contributed by atoms with Crippen LogP contribution in [0.15, 0.2) is 46.9 Å². The predicted octanol–water partition coefficient (Wildman–Crippen LogP) is 4.88. The van der Waals surface area contributed by atoms with E-state index in [0.717, 1.165) is 10.0 Å². The standard InChI is InChI=1S/C17H18BrNO2/c1-11(2)13-5-3-12(4-6-13)10-19-16-8-7-14(18)9-15(16)17(20)21/h3-9,11,19H,10H2,1-2H3,(H,20,21). The Labute approximate surface area is 133 Å². The number of carboxylic acids is 1. The molecule has 2 rings (SSSR count). The van der Waals surface area contributed by atoms with Gasteiger partial charge in [-0.25, -0.2) is 4.79 Å². The molecule has 0 atom stereocenters. The second-order valence-electron chi connectivity index (χ2n) is 5.24. The quantitative estimate of drug-likeness (QED) is 0.809. The highest BCUT2D eigenvalue weighted by Crippen LogP contribution is 2.22. The van der Waals surface area contributed by atoms with E-state index in [-0.39, 0.29) is 5.56 Å². The van der Waals surface area contributed by atoms with E-state index in [1.807, 2.05) is 6.07 Å². The Hall–Kier alpha value is -1.81. The molecule has 0 bridgehead atoms. The second-order valence-corrected chi connectivity index (χ2v) is 6.16. The molecular weight excluding hydrogens is 330 g/mol. The van der Waals surface area contributed by atoms with Gasteiger partial charge in [0.15, 0.2) is 0 Å². The van der Waals surface area contributed by atoms with Gasteiger partial charge in [0.05, 0.1) is 5.56 Å². The zero-order chi connectivity index (χ0) is 15.4. The average Bonchev–Trinajstić information content (AvgIpc) is 2.46. The van der Waals surface area contributed by atoms with E-state index < -0.39 is 5.97 Å². The Morgan fingerprint density at radius 2 is 1.86 bits per heavy atom. The molecule has 21 heavy (non-hydrogen) atoms. The highest BCUT2D eigenvalue weighted by molar-refractivity contribution is 9.10. The third kappa shape index (κ3) is 4.08. The van der Waals surface area contributed by atoms with Crippen molar-refractivity contribution in [1.29, 1.82) is 0 Å². The van der Waals surface area contributed by atoms with Gasteiger partial charge in [-0.2, -0.15) is 0 Å². The lowest BCUT2D eigenvalue weighted by atomic mass is 10.0. The SMILES string of the molecule is CC(C)c1ccc(CNc2ccc(Br)cc2C(=O)O)cc1. The van der Waals surface area contributed by atoms with Gasteiger partial charge in [0.25, 0.3) is 0 Å².